The monoisotopic (exact) mass is 334 g/mol. The summed E-state index contributed by atoms with van der Waals surface area (Å²) >= 11 is 0. The molecule has 0 aliphatic heterocycles. The number of halogens is 1. The second-order valence-corrected chi connectivity index (χ2v) is 7.13. The van der Waals surface area contributed by atoms with Gasteiger partial charge in [0.05, 0.1) is 0 Å². The molecule has 128 valence electrons. The minimum atomic E-state index is -0.113. The number of rotatable bonds is 4. The van der Waals surface area contributed by atoms with Crippen LogP contribution in [0.2, 0.25) is 0 Å². The molecule has 1 heterocycles. The predicted molar refractivity (Wildman–Crippen MR) is 102 cm³/mol. The maximum atomic E-state index is 14.0. The van der Waals surface area contributed by atoms with E-state index in [9.17, 15) is 4.39 Å². The van der Waals surface area contributed by atoms with E-state index in [0.717, 1.165) is 23.1 Å². The van der Waals surface area contributed by atoms with Gasteiger partial charge in [-0.1, -0.05) is 38.1 Å². The van der Waals surface area contributed by atoms with Gasteiger partial charge in [-0.3, -0.25) is 0 Å². The number of nitrogens with zero attached hydrogens (tertiary/aromatic N) is 1. The molecule has 0 aliphatic carbocycles. The first-order valence-electron chi connectivity index (χ1n) is 8.80. The van der Waals surface area contributed by atoms with Crippen molar-refractivity contribution in [2.75, 3.05) is 0 Å². The molecule has 2 aromatic carbocycles. The van der Waals surface area contributed by atoms with E-state index < -0.39 is 0 Å². The van der Waals surface area contributed by atoms with Crippen molar-refractivity contribution in [2.24, 2.45) is 13.0 Å². The van der Waals surface area contributed by atoms with Crippen molar-refractivity contribution in [3.63, 3.8) is 0 Å². The predicted octanol–water partition coefficient (Wildman–Crippen LogP) is 5.49. The Balaban J connectivity index is 2.00. The molecule has 0 aliphatic rings. The van der Waals surface area contributed by atoms with Gasteiger partial charge in [0.1, 0.15) is 12.9 Å². The lowest BCUT2D eigenvalue weighted by Crippen LogP contribution is -2.30. The van der Waals surface area contributed by atoms with Gasteiger partial charge in [-0.2, -0.15) is 0 Å². The molecule has 3 aromatic rings. The van der Waals surface area contributed by atoms with Gasteiger partial charge < -0.3 is 0 Å². The first kappa shape index (κ1) is 17.3. The Labute approximate surface area is 149 Å². The van der Waals surface area contributed by atoms with Crippen LogP contribution in [0.4, 0.5) is 4.39 Å². The quantitative estimate of drug-likeness (QED) is 0.555. The minimum Gasteiger partial charge on any atom is -0.207 e. The first-order valence-corrected chi connectivity index (χ1v) is 8.80. The molecular formula is C23H25FN+. The van der Waals surface area contributed by atoms with Crippen molar-refractivity contribution < 1.29 is 8.96 Å². The number of hydrogen-bond acceptors (Lipinski definition) is 0. The summed E-state index contributed by atoms with van der Waals surface area (Å²) in [6, 6.07) is 18.1. The van der Waals surface area contributed by atoms with Crippen LogP contribution < -0.4 is 4.57 Å². The fourth-order valence-electron chi connectivity index (χ4n) is 3.27. The van der Waals surface area contributed by atoms with Gasteiger partial charge in [-0.05, 0) is 60.2 Å². The van der Waals surface area contributed by atoms with Crippen molar-refractivity contribution >= 4 is 0 Å². The Hall–Kier alpha value is -2.48. The lowest BCUT2D eigenvalue weighted by molar-refractivity contribution is -0.659. The molecule has 0 saturated carbocycles. The van der Waals surface area contributed by atoms with Crippen molar-refractivity contribution in [2.45, 2.75) is 27.2 Å². The van der Waals surface area contributed by atoms with Crippen LogP contribution in [0, 0.1) is 18.7 Å². The fraction of sp³-hybridized carbons (Fsp3) is 0.261. The summed E-state index contributed by atoms with van der Waals surface area (Å²) in [5.74, 6) is 0.322. The summed E-state index contributed by atoms with van der Waals surface area (Å²) in [6.45, 7) is 6.35. The molecule has 0 unspecified atom stereocenters. The highest BCUT2D eigenvalue weighted by molar-refractivity contribution is 5.66. The van der Waals surface area contributed by atoms with Crippen molar-refractivity contribution in [1.29, 1.82) is 0 Å². The third kappa shape index (κ3) is 3.79. The molecule has 2 heteroatoms. The highest BCUT2D eigenvalue weighted by atomic mass is 19.1. The normalized spacial score (nSPS) is 11.1. The molecule has 0 bridgehead atoms. The summed E-state index contributed by atoms with van der Waals surface area (Å²) in [7, 11) is 2.06. The molecule has 1 nitrogen and oxygen atoms in total. The van der Waals surface area contributed by atoms with E-state index in [-0.39, 0.29) is 5.82 Å². The fourth-order valence-corrected chi connectivity index (χ4v) is 3.27. The zero-order valence-corrected chi connectivity index (χ0v) is 15.4. The summed E-state index contributed by atoms with van der Waals surface area (Å²) < 4.78 is 16.2. The molecule has 0 atom stereocenters. The number of aromatic nitrogens is 1. The molecule has 0 fully saturated rings. The zero-order valence-electron chi connectivity index (χ0n) is 15.4. The Morgan fingerprint density at radius 3 is 2.36 bits per heavy atom. The van der Waals surface area contributed by atoms with E-state index in [2.05, 4.69) is 75.0 Å². The lowest BCUT2D eigenvalue weighted by atomic mass is 9.97. The lowest BCUT2D eigenvalue weighted by Gasteiger charge is -2.10. The smallest absolute Gasteiger partial charge is 0.207 e. The summed E-state index contributed by atoms with van der Waals surface area (Å²) in [4.78, 5) is 0. The number of aryl methyl sites for hydroxylation is 2. The molecular weight excluding hydrogens is 309 g/mol. The van der Waals surface area contributed by atoms with E-state index in [1.165, 1.54) is 16.8 Å². The molecule has 0 spiro atoms. The SMILES string of the molecule is Cc1ccccc1-c1ccc(-c2ccc(F)c(CC(C)C)c2)c[n+]1C. The molecule has 0 saturated heterocycles. The van der Waals surface area contributed by atoms with Crippen molar-refractivity contribution in [3.8, 4) is 22.4 Å². The van der Waals surface area contributed by atoms with Gasteiger partial charge >= 0.3 is 0 Å². The van der Waals surface area contributed by atoms with Crippen LogP contribution in [0.25, 0.3) is 22.4 Å². The molecule has 0 N–H and O–H groups in total. The van der Waals surface area contributed by atoms with Crippen LogP contribution in [-0.2, 0) is 13.5 Å². The molecule has 0 radical (unpaired) electrons. The van der Waals surface area contributed by atoms with Crippen LogP contribution in [0.3, 0.4) is 0 Å². The highest BCUT2D eigenvalue weighted by Gasteiger charge is 2.14. The number of pyridine rings is 1. The Morgan fingerprint density at radius 1 is 0.960 bits per heavy atom. The number of hydrogen-bond donors (Lipinski definition) is 0. The van der Waals surface area contributed by atoms with E-state index in [4.69, 9.17) is 0 Å². The topological polar surface area (TPSA) is 3.88 Å². The van der Waals surface area contributed by atoms with Crippen LogP contribution in [0.1, 0.15) is 25.0 Å². The van der Waals surface area contributed by atoms with Crippen molar-refractivity contribution in [1.82, 2.24) is 0 Å². The van der Waals surface area contributed by atoms with Crippen LogP contribution in [0.15, 0.2) is 60.8 Å². The molecule has 0 amide bonds. The maximum absolute atomic E-state index is 14.0. The Kier molecular flexibility index (Phi) is 4.98. The summed E-state index contributed by atoms with van der Waals surface area (Å²) in [6.07, 6.45) is 2.88. The third-order valence-corrected chi connectivity index (χ3v) is 4.56. The highest BCUT2D eigenvalue weighted by Crippen LogP contribution is 2.25. The largest absolute Gasteiger partial charge is 0.212 e. The van der Waals surface area contributed by atoms with E-state index in [1.54, 1.807) is 6.07 Å². The zero-order chi connectivity index (χ0) is 18.0. The van der Waals surface area contributed by atoms with Crippen molar-refractivity contribution in [3.05, 3.63) is 77.7 Å². The first-order chi connectivity index (χ1) is 12.0. The van der Waals surface area contributed by atoms with Gasteiger partial charge in [0, 0.05) is 17.2 Å². The Morgan fingerprint density at radius 2 is 1.68 bits per heavy atom. The average molecular weight is 334 g/mol. The van der Waals surface area contributed by atoms with Gasteiger partial charge in [-0.15, -0.1) is 0 Å². The van der Waals surface area contributed by atoms with E-state index in [1.807, 2.05) is 12.1 Å². The molecule has 25 heavy (non-hydrogen) atoms. The standard InChI is InChI=1S/C23H25FN/c1-16(2)13-20-14-18(9-11-22(20)24)19-10-12-23(25(4)15-19)21-8-6-5-7-17(21)3/h5-12,14-16H,13H2,1-4H3/q+1. The maximum Gasteiger partial charge on any atom is 0.212 e. The second-order valence-electron chi connectivity index (χ2n) is 7.13. The van der Waals surface area contributed by atoms with Gasteiger partial charge in [-0.25, -0.2) is 8.96 Å². The number of benzene rings is 2. The van der Waals surface area contributed by atoms with Gasteiger partial charge in [0.2, 0.25) is 5.69 Å². The average Bonchev–Trinajstić information content (AvgIpc) is 2.57. The second kappa shape index (κ2) is 7.18. The van der Waals surface area contributed by atoms with E-state index >= 15 is 0 Å². The molecule has 3 rings (SSSR count). The molecule has 1 aromatic heterocycles. The van der Waals surface area contributed by atoms with E-state index in [0.29, 0.717) is 5.92 Å². The van der Waals surface area contributed by atoms with Crippen LogP contribution in [-0.4, -0.2) is 0 Å². The summed E-state index contributed by atoms with van der Waals surface area (Å²) in [5.41, 5.74) is 6.61. The van der Waals surface area contributed by atoms with Gasteiger partial charge in [0.25, 0.3) is 0 Å². The Bertz CT molecular complexity index is 896. The van der Waals surface area contributed by atoms with Crippen LogP contribution >= 0.6 is 0 Å². The van der Waals surface area contributed by atoms with Gasteiger partial charge in [0.15, 0.2) is 6.20 Å². The summed E-state index contributed by atoms with van der Waals surface area (Å²) in [5, 5.41) is 0. The van der Waals surface area contributed by atoms with Crippen LogP contribution in [0.5, 0.6) is 0 Å². The minimum absolute atomic E-state index is 0.113. The third-order valence-electron chi connectivity index (χ3n) is 4.56.